The quantitative estimate of drug-likeness (QED) is 0.768. The van der Waals surface area contributed by atoms with Crippen molar-refractivity contribution in [3.05, 3.63) is 64.7 Å². The minimum absolute atomic E-state index is 0. The standard InChI is InChI=1S/C22H26N2O3.ClH/c1-14-19(24-11-10-17(12-24)16-6-4-3-5-7-16)9-8-18-20(14)22(13-23,15(2)25)27-21(18)26;/h3-9,15,17,25H,10-13,23H2,1-2H3;1H. The van der Waals surface area contributed by atoms with Gasteiger partial charge in [-0.05, 0) is 43.5 Å². The van der Waals surface area contributed by atoms with E-state index < -0.39 is 17.7 Å². The number of carbonyl (C=O) groups is 1. The van der Waals surface area contributed by atoms with Crippen molar-refractivity contribution in [1.82, 2.24) is 0 Å². The maximum Gasteiger partial charge on any atom is 0.339 e. The molecule has 150 valence electrons. The number of nitrogens with two attached hydrogens (primary N) is 1. The minimum Gasteiger partial charge on any atom is -0.446 e. The summed E-state index contributed by atoms with van der Waals surface area (Å²) in [5.41, 5.74) is 9.48. The summed E-state index contributed by atoms with van der Waals surface area (Å²) in [7, 11) is 0. The van der Waals surface area contributed by atoms with Gasteiger partial charge in [0, 0.05) is 36.8 Å². The van der Waals surface area contributed by atoms with Crippen LogP contribution in [0.25, 0.3) is 0 Å². The van der Waals surface area contributed by atoms with Crippen molar-refractivity contribution in [1.29, 1.82) is 0 Å². The van der Waals surface area contributed by atoms with Crippen molar-refractivity contribution >= 4 is 24.1 Å². The minimum atomic E-state index is -1.16. The maximum atomic E-state index is 12.4. The average molecular weight is 403 g/mol. The molecule has 3 N–H and O–H groups in total. The number of esters is 1. The molecule has 28 heavy (non-hydrogen) atoms. The number of aliphatic hydroxyl groups is 1. The molecule has 0 spiro atoms. The predicted octanol–water partition coefficient (Wildman–Crippen LogP) is 3.12. The number of halogens is 1. The summed E-state index contributed by atoms with van der Waals surface area (Å²) in [6.45, 7) is 5.57. The number of ether oxygens (including phenoxy) is 1. The summed E-state index contributed by atoms with van der Waals surface area (Å²) in [4.78, 5) is 14.7. The van der Waals surface area contributed by atoms with Gasteiger partial charge in [0.05, 0.1) is 11.7 Å². The molecule has 0 saturated carbocycles. The van der Waals surface area contributed by atoms with E-state index in [2.05, 4.69) is 29.2 Å². The normalized spacial score (nSPS) is 24.5. The van der Waals surface area contributed by atoms with E-state index in [-0.39, 0.29) is 19.0 Å². The van der Waals surface area contributed by atoms with E-state index >= 15 is 0 Å². The molecule has 3 unspecified atom stereocenters. The smallest absolute Gasteiger partial charge is 0.339 e. The Morgan fingerprint density at radius 2 is 2.00 bits per heavy atom. The van der Waals surface area contributed by atoms with Crippen LogP contribution in [0.3, 0.4) is 0 Å². The molecular formula is C22H27ClN2O3. The number of hydrogen-bond donors (Lipinski definition) is 2. The van der Waals surface area contributed by atoms with Crippen molar-refractivity contribution < 1.29 is 14.6 Å². The molecule has 3 atom stereocenters. The summed E-state index contributed by atoms with van der Waals surface area (Å²) in [6.07, 6.45) is 0.214. The highest BCUT2D eigenvalue weighted by molar-refractivity contribution is 5.96. The Bertz CT molecular complexity index is 872. The van der Waals surface area contributed by atoms with Crippen LogP contribution in [0.1, 0.15) is 46.3 Å². The molecule has 0 aliphatic carbocycles. The number of fused-ring (bicyclic) bond motifs is 1. The highest BCUT2D eigenvalue weighted by Gasteiger charge is 2.50. The number of benzene rings is 2. The van der Waals surface area contributed by atoms with Gasteiger partial charge >= 0.3 is 5.97 Å². The Hall–Kier alpha value is -2.08. The lowest BCUT2D eigenvalue weighted by atomic mass is 9.84. The largest absolute Gasteiger partial charge is 0.446 e. The van der Waals surface area contributed by atoms with Gasteiger partial charge < -0.3 is 20.5 Å². The van der Waals surface area contributed by atoms with E-state index in [1.807, 2.05) is 25.1 Å². The molecule has 0 amide bonds. The Morgan fingerprint density at radius 3 is 2.64 bits per heavy atom. The van der Waals surface area contributed by atoms with E-state index in [1.54, 1.807) is 6.92 Å². The molecule has 2 aliphatic rings. The van der Waals surface area contributed by atoms with Crippen molar-refractivity contribution in [3.8, 4) is 0 Å². The van der Waals surface area contributed by atoms with Gasteiger partial charge in [0.15, 0.2) is 5.60 Å². The fraction of sp³-hybridized carbons (Fsp3) is 0.409. The topological polar surface area (TPSA) is 75.8 Å². The van der Waals surface area contributed by atoms with Crippen molar-refractivity contribution in [2.24, 2.45) is 5.73 Å². The molecule has 2 aromatic carbocycles. The van der Waals surface area contributed by atoms with E-state index in [9.17, 15) is 9.90 Å². The summed E-state index contributed by atoms with van der Waals surface area (Å²) < 4.78 is 5.59. The number of rotatable bonds is 4. The predicted molar refractivity (Wildman–Crippen MR) is 112 cm³/mol. The van der Waals surface area contributed by atoms with Gasteiger partial charge in [0.1, 0.15) is 0 Å². The molecule has 1 fully saturated rings. The molecule has 5 nitrogen and oxygen atoms in total. The lowest BCUT2D eigenvalue weighted by molar-refractivity contribution is -0.0716. The summed E-state index contributed by atoms with van der Waals surface area (Å²) in [6, 6.07) is 14.4. The van der Waals surface area contributed by atoms with Gasteiger partial charge in [-0.1, -0.05) is 30.3 Å². The third-order valence-electron chi connectivity index (χ3n) is 6.13. The molecule has 2 aliphatic heterocycles. The number of hydrogen-bond acceptors (Lipinski definition) is 5. The number of nitrogens with zero attached hydrogens (tertiary/aromatic N) is 1. The van der Waals surface area contributed by atoms with Crippen LogP contribution >= 0.6 is 12.4 Å². The second-order valence-electron chi connectivity index (χ2n) is 7.63. The fourth-order valence-electron chi connectivity index (χ4n) is 4.61. The number of aliphatic hydroxyl groups excluding tert-OH is 1. The molecule has 6 heteroatoms. The van der Waals surface area contributed by atoms with Crippen molar-refractivity contribution in [2.75, 3.05) is 24.5 Å². The third-order valence-corrected chi connectivity index (χ3v) is 6.13. The second kappa shape index (κ2) is 7.74. The first-order valence-electron chi connectivity index (χ1n) is 9.53. The summed E-state index contributed by atoms with van der Waals surface area (Å²) in [5.74, 6) is 0.0855. The number of carbonyl (C=O) groups excluding carboxylic acids is 1. The highest BCUT2D eigenvalue weighted by atomic mass is 35.5. The van der Waals surface area contributed by atoms with Gasteiger partial charge in [-0.15, -0.1) is 12.4 Å². The van der Waals surface area contributed by atoms with Crippen LogP contribution in [0.5, 0.6) is 0 Å². The van der Waals surface area contributed by atoms with Crippen molar-refractivity contribution in [3.63, 3.8) is 0 Å². The number of cyclic esters (lactones) is 1. The highest BCUT2D eigenvalue weighted by Crippen LogP contribution is 2.44. The molecule has 0 radical (unpaired) electrons. The fourth-order valence-corrected chi connectivity index (χ4v) is 4.61. The summed E-state index contributed by atoms with van der Waals surface area (Å²) in [5, 5.41) is 10.4. The maximum absolute atomic E-state index is 12.4. The molecule has 2 heterocycles. The zero-order chi connectivity index (χ0) is 19.2. The molecule has 2 aromatic rings. The monoisotopic (exact) mass is 402 g/mol. The lowest BCUT2D eigenvalue weighted by Gasteiger charge is -2.32. The van der Waals surface area contributed by atoms with Crippen LogP contribution in [-0.2, 0) is 10.3 Å². The number of anilines is 1. The van der Waals surface area contributed by atoms with Gasteiger partial charge in [0.25, 0.3) is 0 Å². The Kier molecular flexibility index (Phi) is 5.71. The van der Waals surface area contributed by atoms with Gasteiger partial charge in [-0.25, -0.2) is 4.79 Å². The second-order valence-corrected chi connectivity index (χ2v) is 7.63. The third kappa shape index (κ3) is 3.08. The first-order chi connectivity index (χ1) is 13.0. The first-order valence-corrected chi connectivity index (χ1v) is 9.53. The van der Waals surface area contributed by atoms with Crippen LogP contribution in [0.4, 0.5) is 5.69 Å². The molecule has 0 bridgehead atoms. The Labute approximate surface area is 171 Å². The molecule has 4 rings (SSSR count). The molecule has 1 saturated heterocycles. The van der Waals surface area contributed by atoms with Crippen LogP contribution in [0, 0.1) is 6.92 Å². The van der Waals surface area contributed by atoms with Gasteiger partial charge in [-0.2, -0.15) is 0 Å². The Balaban J connectivity index is 0.00000225. The van der Waals surface area contributed by atoms with Crippen LogP contribution in [-0.4, -0.2) is 36.8 Å². The van der Waals surface area contributed by atoms with Gasteiger partial charge in [0.2, 0.25) is 0 Å². The average Bonchev–Trinajstić information content (AvgIpc) is 3.27. The van der Waals surface area contributed by atoms with E-state index in [0.717, 1.165) is 36.3 Å². The van der Waals surface area contributed by atoms with Crippen LogP contribution < -0.4 is 10.6 Å². The zero-order valence-corrected chi connectivity index (χ0v) is 17.0. The zero-order valence-electron chi connectivity index (χ0n) is 16.2. The summed E-state index contributed by atoms with van der Waals surface area (Å²) >= 11 is 0. The van der Waals surface area contributed by atoms with E-state index in [1.165, 1.54) is 5.56 Å². The molecule has 0 aromatic heterocycles. The van der Waals surface area contributed by atoms with Gasteiger partial charge in [-0.3, -0.25) is 0 Å². The first kappa shape index (κ1) is 20.6. The van der Waals surface area contributed by atoms with E-state index in [0.29, 0.717) is 11.5 Å². The Morgan fingerprint density at radius 1 is 1.29 bits per heavy atom. The molecular weight excluding hydrogens is 376 g/mol. The van der Waals surface area contributed by atoms with Crippen LogP contribution in [0.15, 0.2) is 42.5 Å². The van der Waals surface area contributed by atoms with Crippen LogP contribution in [0.2, 0.25) is 0 Å². The lowest BCUT2D eigenvalue weighted by Crippen LogP contribution is -2.45. The SMILES string of the molecule is Cc1c(N2CCC(c3ccccc3)C2)ccc2c1C(CN)(C(C)O)OC2=O.Cl. The van der Waals surface area contributed by atoms with E-state index in [4.69, 9.17) is 10.5 Å². The van der Waals surface area contributed by atoms with Crippen molar-refractivity contribution in [2.45, 2.75) is 37.9 Å².